The van der Waals surface area contributed by atoms with Crippen LogP contribution in [0.1, 0.15) is 24.5 Å². The van der Waals surface area contributed by atoms with Gasteiger partial charge in [0, 0.05) is 15.3 Å². The third-order valence-electron chi connectivity index (χ3n) is 3.96. The fourth-order valence-electron chi connectivity index (χ4n) is 2.61. The number of nitrogens with one attached hydrogen (secondary N) is 1. The van der Waals surface area contributed by atoms with E-state index in [1.54, 1.807) is 28.9 Å². The van der Waals surface area contributed by atoms with Crippen molar-refractivity contribution in [3.8, 4) is 10.4 Å². The highest BCUT2D eigenvalue weighted by molar-refractivity contribution is 7.13. The standard InChI is InChI=1S/C17H14N2O2S2/c1-17(2,12-6-4-8-23-12)16-18-14(20)13-10(9-21-15(13)19-16)11-5-3-7-22-11/h3-9H,1-2H3,(H,18,19,20). The molecule has 0 aliphatic heterocycles. The van der Waals surface area contributed by atoms with E-state index >= 15 is 0 Å². The van der Waals surface area contributed by atoms with E-state index in [4.69, 9.17) is 4.42 Å². The van der Waals surface area contributed by atoms with Gasteiger partial charge in [-0.15, -0.1) is 22.7 Å². The molecule has 0 aliphatic carbocycles. The van der Waals surface area contributed by atoms with Crippen LogP contribution < -0.4 is 5.56 Å². The molecule has 0 atom stereocenters. The van der Waals surface area contributed by atoms with E-state index in [1.165, 1.54) is 0 Å². The molecule has 0 bridgehead atoms. The average Bonchev–Trinajstić information content (AvgIpc) is 3.27. The molecule has 0 saturated heterocycles. The van der Waals surface area contributed by atoms with Gasteiger partial charge in [-0.3, -0.25) is 4.79 Å². The van der Waals surface area contributed by atoms with Crippen LogP contribution in [0, 0.1) is 0 Å². The number of H-pyrrole nitrogens is 1. The normalized spacial score (nSPS) is 12.1. The summed E-state index contributed by atoms with van der Waals surface area (Å²) in [5.74, 6) is 0.615. The fraction of sp³-hybridized carbons (Fsp3) is 0.176. The van der Waals surface area contributed by atoms with Gasteiger partial charge in [-0.2, -0.15) is 4.98 Å². The molecule has 1 N–H and O–H groups in total. The first-order chi connectivity index (χ1) is 11.1. The van der Waals surface area contributed by atoms with Crippen molar-refractivity contribution in [1.29, 1.82) is 0 Å². The lowest BCUT2D eigenvalue weighted by molar-refractivity contribution is 0.569. The average molecular weight is 342 g/mol. The molecule has 23 heavy (non-hydrogen) atoms. The Morgan fingerprint density at radius 2 is 1.96 bits per heavy atom. The van der Waals surface area contributed by atoms with Gasteiger partial charge >= 0.3 is 0 Å². The quantitative estimate of drug-likeness (QED) is 0.590. The SMILES string of the molecule is CC(C)(c1nc2occ(-c3cccs3)c2c(=O)[nH]1)c1cccs1. The summed E-state index contributed by atoms with van der Waals surface area (Å²) in [6, 6.07) is 7.97. The van der Waals surface area contributed by atoms with Crippen molar-refractivity contribution in [3.63, 3.8) is 0 Å². The Balaban J connectivity index is 1.91. The minimum Gasteiger partial charge on any atom is -0.445 e. The van der Waals surface area contributed by atoms with Crippen LogP contribution in [-0.4, -0.2) is 9.97 Å². The first-order valence-electron chi connectivity index (χ1n) is 7.17. The maximum Gasteiger partial charge on any atom is 0.262 e. The highest BCUT2D eigenvalue weighted by Crippen LogP contribution is 2.34. The van der Waals surface area contributed by atoms with Gasteiger partial charge in [0.05, 0.1) is 5.41 Å². The summed E-state index contributed by atoms with van der Waals surface area (Å²) in [7, 11) is 0. The number of rotatable bonds is 3. The van der Waals surface area contributed by atoms with Crippen LogP contribution in [-0.2, 0) is 5.41 Å². The Morgan fingerprint density at radius 1 is 1.17 bits per heavy atom. The number of nitrogens with zero attached hydrogens (tertiary/aromatic N) is 1. The first-order valence-corrected chi connectivity index (χ1v) is 8.93. The number of aromatic amines is 1. The van der Waals surface area contributed by atoms with Crippen molar-refractivity contribution in [1.82, 2.24) is 9.97 Å². The number of hydrogen-bond donors (Lipinski definition) is 1. The van der Waals surface area contributed by atoms with Crippen molar-refractivity contribution in [2.75, 3.05) is 0 Å². The van der Waals surface area contributed by atoms with Crippen molar-refractivity contribution in [2.24, 2.45) is 0 Å². The predicted molar refractivity (Wildman–Crippen MR) is 94.4 cm³/mol. The van der Waals surface area contributed by atoms with E-state index < -0.39 is 0 Å². The molecular formula is C17H14N2O2S2. The number of thiophene rings is 2. The van der Waals surface area contributed by atoms with Crippen LogP contribution in [0.2, 0.25) is 0 Å². The van der Waals surface area contributed by atoms with Gasteiger partial charge in [0.15, 0.2) is 0 Å². The highest BCUT2D eigenvalue weighted by Gasteiger charge is 2.28. The van der Waals surface area contributed by atoms with Gasteiger partial charge in [0.2, 0.25) is 5.71 Å². The van der Waals surface area contributed by atoms with Gasteiger partial charge in [-0.25, -0.2) is 0 Å². The maximum absolute atomic E-state index is 12.6. The zero-order valence-electron chi connectivity index (χ0n) is 12.6. The van der Waals surface area contributed by atoms with Crippen LogP contribution in [0.15, 0.2) is 50.5 Å². The first kappa shape index (κ1) is 14.4. The Bertz CT molecular complexity index is 1010. The number of furan rings is 1. The molecule has 0 aliphatic rings. The van der Waals surface area contributed by atoms with Crippen LogP contribution in [0.5, 0.6) is 0 Å². The van der Waals surface area contributed by atoms with E-state index in [2.05, 4.69) is 9.97 Å². The monoisotopic (exact) mass is 342 g/mol. The Kier molecular flexibility index (Phi) is 3.25. The molecule has 0 radical (unpaired) electrons. The van der Waals surface area contributed by atoms with Gasteiger partial charge in [-0.1, -0.05) is 12.1 Å². The van der Waals surface area contributed by atoms with E-state index in [9.17, 15) is 4.79 Å². The molecule has 0 spiro atoms. The molecule has 0 unspecified atom stereocenters. The van der Waals surface area contributed by atoms with Crippen LogP contribution in [0.3, 0.4) is 0 Å². The highest BCUT2D eigenvalue weighted by atomic mass is 32.1. The predicted octanol–water partition coefficient (Wildman–Crippen LogP) is 4.63. The lowest BCUT2D eigenvalue weighted by Gasteiger charge is -2.21. The molecule has 4 rings (SSSR count). The van der Waals surface area contributed by atoms with E-state index in [0.717, 1.165) is 15.3 Å². The zero-order valence-corrected chi connectivity index (χ0v) is 14.3. The van der Waals surface area contributed by atoms with Gasteiger partial charge < -0.3 is 9.40 Å². The van der Waals surface area contributed by atoms with Crippen molar-refractivity contribution in [2.45, 2.75) is 19.3 Å². The third-order valence-corrected chi connectivity index (χ3v) is 6.06. The lowest BCUT2D eigenvalue weighted by atomic mass is 9.90. The number of fused-ring (bicyclic) bond motifs is 1. The van der Waals surface area contributed by atoms with E-state index in [1.807, 2.05) is 48.9 Å². The summed E-state index contributed by atoms with van der Waals surface area (Å²) < 4.78 is 5.59. The molecular weight excluding hydrogens is 328 g/mol. The molecule has 0 amide bonds. The summed E-state index contributed by atoms with van der Waals surface area (Å²) in [5.41, 5.74) is 0.644. The number of hydrogen-bond acceptors (Lipinski definition) is 5. The van der Waals surface area contributed by atoms with Crippen molar-refractivity contribution in [3.05, 3.63) is 62.3 Å². The summed E-state index contributed by atoms with van der Waals surface area (Å²) >= 11 is 3.22. The Labute approximate surface area is 140 Å². The lowest BCUT2D eigenvalue weighted by Crippen LogP contribution is -2.25. The largest absolute Gasteiger partial charge is 0.445 e. The molecule has 4 aromatic rings. The molecule has 0 fully saturated rings. The van der Waals surface area contributed by atoms with Gasteiger partial charge in [-0.05, 0) is 36.7 Å². The molecule has 4 heterocycles. The third kappa shape index (κ3) is 2.26. The molecule has 0 aromatic carbocycles. The van der Waals surface area contributed by atoms with Gasteiger partial charge in [0.1, 0.15) is 17.5 Å². The molecule has 4 aromatic heterocycles. The summed E-state index contributed by atoms with van der Waals surface area (Å²) in [5, 5.41) is 4.51. The second-order valence-corrected chi connectivity index (χ2v) is 7.72. The molecule has 116 valence electrons. The maximum atomic E-state index is 12.6. The summed E-state index contributed by atoms with van der Waals surface area (Å²) in [4.78, 5) is 22.3. The molecule has 0 saturated carbocycles. The van der Waals surface area contributed by atoms with E-state index in [0.29, 0.717) is 16.9 Å². The summed E-state index contributed by atoms with van der Waals surface area (Å²) in [6.07, 6.45) is 1.61. The molecule has 4 nitrogen and oxygen atoms in total. The number of aromatic nitrogens is 2. The smallest absolute Gasteiger partial charge is 0.262 e. The Hall–Kier alpha value is -2.18. The van der Waals surface area contributed by atoms with Crippen molar-refractivity contribution < 1.29 is 4.42 Å². The second-order valence-electron chi connectivity index (χ2n) is 5.82. The minimum absolute atomic E-state index is 0.160. The molecule has 6 heteroatoms. The zero-order chi connectivity index (χ0) is 16.0. The van der Waals surface area contributed by atoms with Gasteiger partial charge in [0.25, 0.3) is 5.56 Å². The van der Waals surface area contributed by atoms with Crippen LogP contribution in [0.25, 0.3) is 21.5 Å². The topological polar surface area (TPSA) is 58.9 Å². The fourth-order valence-corrected chi connectivity index (χ4v) is 4.20. The minimum atomic E-state index is -0.378. The Morgan fingerprint density at radius 3 is 2.65 bits per heavy atom. The van der Waals surface area contributed by atoms with Crippen molar-refractivity contribution >= 4 is 33.8 Å². The second kappa shape index (κ2) is 5.18. The van der Waals surface area contributed by atoms with Crippen LogP contribution in [0.4, 0.5) is 0 Å². The summed E-state index contributed by atoms with van der Waals surface area (Å²) in [6.45, 7) is 4.10. The van der Waals surface area contributed by atoms with E-state index in [-0.39, 0.29) is 11.0 Å². The van der Waals surface area contributed by atoms with Crippen LogP contribution >= 0.6 is 22.7 Å².